The highest BCUT2D eigenvalue weighted by atomic mass is 35.5. The van der Waals surface area contributed by atoms with Gasteiger partial charge in [0.05, 0.1) is 23.2 Å². The van der Waals surface area contributed by atoms with E-state index in [1.165, 1.54) is 28.0 Å². The van der Waals surface area contributed by atoms with Crippen LogP contribution in [-0.4, -0.2) is 22.0 Å². The Morgan fingerprint density at radius 1 is 0.913 bits per heavy atom. The molecule has 2 aliphatic rings. The summed E-state index contributed by atoms with van der Waals surface area (Å²) in [5.41, 5.74) is 1.64. The fourth-order valence-corrected chi connectivity index (χ4v) is 8.34. The van der Waals surface area contributed by atoms with Crippen LogP contribution in [0.5, 0.6) is 0 Å². The van der Waals surface area contributed by atoms with Crippen molar-refractivity contribution in [3.8, 4) is 0 Å². The smallest absolute Gasteiger partial charge is 0.297 e. The Kier molecular flexibility index (Phi) is 6.82. The van der Waals surface area contributed by atoms with Gasteiger partial charge in [-0.3, -0.25) is 19.3 Å². The third kappa shape index (κ3) is 4.24. The molecule has 1 atom stereocenters. The van der Waals surface area contributed by atoms with Crippen molar-refractivity contribution in [3.63, 3.8) is 0 Å². The van der Waals surface area contributed by atoms with Crippen molar-refractivity contribution >= 4 is 68.3 Å². The molecule has 8 nitrogen and oxygen atoms in total. The number of nitrogens with zero attached hydrogens (tertiary/aromatic N) is 4. The number of fused-ring (bicyclic) bond motifs is 5. The van der Waals surface area contributed by atoms with Crippen LogP contribution in [0.15, 0.2) is 111 Å². The van der Waals surface area contributed by atoms with E-state index in [4.69, 9.17) is 16.0 Å². The summed E-state index contributed by atoms with van der Waals surface area (Å²) >= 11 is 9.22. The van der Waals surface area contributed by atoms with Crippen LogP contribution in [0.25, 0.3) is 11.0 Å². The number of carbonyl (C=O) groups is 2. The summed E-state index contributed by atoms with van der Waals surface area (Å²) in [5.74, 6) is -0.646. The molecule has 0 aliphatic carbocycles. The molecule has 0 bridgehead atoms. The van der Waals surface area contributed by atoms with Crippen LogP contribution in [0.1, 0.15) is 38.4 Å². The average Bonchev–Trinajstić information content (AvgIpc) is 3.71. The van der Waals surface area contributed by atoms with Crippen molar-refractivity contribution in [2.75, 3.05) is 9.80 Å². The lowest BCUT2D eigenvalue weighted by Gasteiger charge is -2.32. The monoisotopic (exact) mass is 662 g/mol. The van der Waals surface area contributed by atoms with Gasteiger partial charge < -0.3 is 9.32 Å². The third-order valence-corrected chi connectivity index (χ3v) is 10.8. The van der Waals surface area contributed by atoms with Gasteiger partial charge >= 0.3 is 0 Å². The van der Waals surface area contributed by atoms with Gasteiger partial charge in [-0.15, -0.1) is 10.2 Å². The molecule has 46 heavy (non-hydrogen) atoms. The quantitative estimate of drug-likeness (QED) is 0.136. The zero-order valence-electron chi connectivity index (χ0n) is 24.3. The van der Waals surface area contributed by atoms with Crippen LogP contribution in [0, 0.1) is 6.92 Å². The predicted molar refractivity (Wildman–Crippen MR) is 180 cm³/mol. The van der Waals surface area contributed by atoms with Crippen LogP contribution in [0.2, 0.25) is 5.02 Å². The van der Waals surface area contributed by atoms with Gasteiger partial charge in [0.15, 0.2) is 15.3 Å². The number of hydrogen-bond acceptors (Lipinski definition) is 8. The van der Waals surface area contributed by atoms with E-state index in [-0.39, 0.29) is 28.6 Å². The van der Waals surface area contributed by atoms with Gasteiger partial charge in [0.2, 0.25) is 10.9 Å². The number of rotatable bonds is 6. The number of hydrogen-bond donors (Lipinski definition) is 0. The molecular formula is C35H23ClN4O4S2. The van der Waals surface area contributed by atoms with Crippen molar-refractivity contribution < 1.29 is 14.0 Å². The Hall–Kier alpha value is -4.77. The van der Waals surface area contributed by atoms with E-state index in [1.54, 1.807) is 35.2 Å². The standard InChI is InChI=1S/C35H23ClN4O4S2/c1-20-15-16-27-23(17-20)29(41)28-30(44-27)31(42)40(33-37-38-34(46-33)45-19-21-9-3-2-4-10-21)35(28)24-12-6-8-14-26(24)39(32(35)43)18-22-11-5-7-13-25(22)36/h2-17H,18-19H2,1H3. The minimum atomic E-state index is -1.87. The largest absolute Gasteiger partial charge is 0.450 e. The molecule has 0 radical (unpaired) electrons. The van der Waals surface area contributed by atoms with Gasteiger partial charge in [0, 0.05) is 16.3 Å². The molecular weight excluding hydrogens is 640 g/mol. The molecule has 2 aliphatic heterocycles. The maximum Gasteiger partial charge on any atom is 0.297 e. The van der Waals surface area contributed by atoms with Crippen molar-refractivity contribution in [2.24, 2.45) is 0 Å². The molecule has 0 fully saturated rings. The fraction of sp³-hybridized carbons (Fsp3) is 0.114. The number of halogens is 1. The summed E-state index contributed by atoms with van der Waals surface area (Å²) < 4.78 is 6.82. The van der Waals surface area contributed by atoms with Crippen LogP contribution >= 0.6 is 34.7 Å². The van der Waals surface area contributed by atoms with E-state index in [0.717, 1.165) is 16.7 Å². The summed E-state index contributed by atoms with van der Waals surface area (Å²) in [6, 6.07) is 29.6. The van der Waals surface area contributed by atoms with Crippen molar-refractivity contribution in [2.45, 2.75) is 29.1 Å². The number of thioether (sulfide) groups is 1. The Bertz CT molecular complexity index is 2270. The fourth-order valence-electron chi connectivity index (χ4n) is 6.30. The lowest BCUT2D eigenvalue weighted by atomic mass is 9.84. The molecule has 6 aromatic rings. The number of aromatic nitrogens is 2. The Morgan fingerprint density at radius 2 is 1.67 bits per heavy atom. The minimum Gasteiger partial charge on any atom is -0.450 e. The van der Waals surface area contributed by atoms with Gasteiger partial charge in [0.25, 0.3) is 11.8 Å². The maximum atomic E-state index is 15.1. The Balaban J connectivity index is 1.34. The lowest BCUT2D eigenvalue weighted by Crippen LogP contribution is -2.53. The number of aryl methyl sites for hydroxylation is 1. The first-order valence-corrected chi connectivity index (χ1v) is 16.6. The summed E-state index contributed by atoms with van der Waals surface area (Å²) in [4.78, 5) is 47.1. The number of anilines is 2. The van der Waals surface area contributed by atoms with Crippen molar-refractivity contribution in [3.05, 3.63) is 146 Å². The van der Waals surface area contributed by atoms with E-state index < -0.39 is 22.8 Å². The van der Waals surface area contributed by atoms with Crippen molar-refractivity contribution in [1.82, 2.24) is 10.2 Å². The first-order valence-electron chi connectivity index (χ1n) is 14.5. The highest BCUT2D eigenvalue weighted by Gasteiger charge is 2.66. The van der Waals surface area contributed by atoms with Gasteiger partial charge in [-0.05, 0) is 42.3 Å². The first kappa shape index (κ1) is 28.7. The first-order chi connectivity index (χ1) is 22.4. The second kappa shape index (κ2) is 10.9. The number of amides is 2. The molecule has 4 heterocycles. The van der Waals surface area contributed by atoms with E-state index in [9.17, 15) is 9.59 Å². The summed E-state index contributed by atoms with van der Waals surface area (Å²) in [7, 11) is 0. The normalized spacial score (nSPS) is 16.9. The highest BCUT2D eigenvalue weighted by molar-refractivity contribution is 8.00. The second-order valence-corrected chi connectivity index (χ2v) is 13.7. The molecule has 4 aromatic carbocycles. The minimum absolute atomic E-state index is 0.0246. The van der Waals surface area contributed by atoms with Crippen LogP contribution in [0.4, 0.5) is 10.8 Å². The molecule has 8 rings (SSSR count). The zero-order chi connectivity index (χ0) is 31.6. The van der Waals surface area contributed by atoms with Gasteiger partial charge in [-0.2, -0.15) is 0 Å². The molecule has 0 N–H and O–H groups in total. The molecule has 11 heteroatoms. The number of carbonyl (C=O) groups excluding carboxylic acids is 2. The van der Waals surface area contributed by atoms with E-state index in [2.05, 4.69) is 10.2 Å². The van der Waals surface area contributed by atoms with Crippen LogP contribution < -0.4 is 15.2 Å². The molecule has 0 saturated carbocycles. The van der Waals surface area contributed by atoms with E-state index in [1.807, 2.05) is 73.7 Å². The molecule has 226 valence electrons. The van der Waals surface area contributed by atoms with Crippen LogP contribution in [-0.2, 0) is 22.6 Å². The lowest BCUT2D eigenvalue weighted by molar-refractivity contribution is -0.121. The average molecular weight is 663 g/mol. The Morgan fingerprint density at radius 3 is 2.50 bits per heavy atom. The molecule has 2 amide bonds. The van der Waals surface area contributed by atoms with Crippen LogP contribution in [0.3, 0.4) is 0 Å². The van der Waals surface area contributed by atoms with E-state index in [0.29, 0.717) is 31.8 Å². The van der Waals surface area contributed by atoms with Gasteiger partial charge in [-0.25, -0.2) is 0 Å². The predicted octanol–water partition coefficient (Wildman–Crippen LogP) is 7.35. The zero-order valence-corrected chi connectivity index (χ0v) is 26.7. The molecule has 0 saturated heterocycles. The Labute approximate surface area is 276 Å². The topological polar surface area (TPSA) is 96.6 Å². The summed E-state index contributed by atoms with van der Waals surface area (Å²) in [6.45, 7) is 2.00. The maximum absolute atomic E-state index is 15.1. The summed E-state index contributed by atoms with van der Waals surface area (Å²) in [6.07, 6.45) is 0. The van der Waals surface area contributed by atoms with Gasteiger partial charge in [-0.1, -0.05) is 113 Å². The van der Waals surface area contributed by atoms with Gasteiger partial charge in [0.1, 0.15) is 5.58 Å². The molecule has 1 unspecified atom stereocenters. The van der Waals surface area contributed by atoms with E-state index >= 15 is 4.79 Å². The molecule has 2 aromatic heterocycles. The number of para-hydroxylation sites is 1. The summed E-state index contributed by atoms with van der Waals surface area (Å²) in [5, 5.41) is 9.79. The van der Waals surface area contributed by atoms with Crippen molar-refractivity contribution in [1.29, 1.82) is 0 Å². The highest BCUT2D eigenvalue weighted by Crippen LogP contribution is 2.55. The second-order valence-electron chi connectivity index (χ2n) is 11.1. The SMILES string of the molecule is Cc1ccc2oc3c(c(=O)c2c1)C1(C(=O)N(Cc2ccccc2Cl)c2ccccc21)N(c1nnc(SCc2ccccc2)s1)C3=O. The molecule has 1 spiro atoms. The number of benzene rings is 4. The third-order valence-electron chi connectivity index (χ3n) is 8.36.